The van der Waals surface area contributed by atoms with Crippen molar-refractivity contribution in [1.82, 2.24) is 0 Å². The standard InChI is InChI=1S/C17H26Si2.V/c1-18(2,3)16-13-10-14-17(16,19(4,5)6)15-11-8-7-9-12-15;/h7-14H,1-6H3;. The normalized spacial score (nSPS) is 22.4. The SMILES string of the molecule is C[Si](C)(C)C1=CC=CC1(c1ccccc1)[Si](C)(C)C.[V]. The van der Waals surface area contributed by atoms with E-state index in [2.05, 4.69) is 87.8 Å². The van der Waals surface area contributed by atoms with E-state index < -0.39 is 16.1 Å². The van der Waals surface area contributed by atoms with Crippen molar-refractivity contribution < 1.29 is 18.6 Å². The van der Waals surface area contributed by atoms with E-state index in [9.17, 15) is 0 Å². The summed E-state index contributed by atoms with van der Waals surface area (Å²) >= 11 is 0. The summed E-state index contributed by atoms with van der Waals surface area (Å²) in [6, 6.07) is 11.1. The average molecular weight is 338 g/mol. The minimum atomic E-state index is -1.41. The molecule has 1 aromatic carbocycles. The zero-order chi connectivity index (χ0) is 14.3. The van der Waals surface area contributed by atoms with E-state index in [4.69, 9.17) is 0 Å². The molecule has 0 fully saturated rings. The summed E-state index contributed by atoms with van der Waals surface area (Å²) in [5.41, 5.74) is 1.50. The summed E-state index contributed by atoms with van der Waals surface area (Å²) < 4.78 is 0. The third kappa shape index (κ3) is 2.85. The number of hydrogen-bond acceptors (Lipinski definition) is 0. The molecule has 1 unspecified atom stereocenters. The molecule has 1 aliphatic rings. The molecular formula is C17H26Si2V. The Kier molecular flexibility index (Phi) is 5.19. The summed E-state index contributed by atoms with van der Waals surface area (Å²) in [5.74, 6) is 0. The van der Waals surface area contributed by atoms with Crippen molar-refractivity contribution >= 4 is 16.1 Å². The smallest absolute Gasteiger partial charge is 0.0732 e. The van der Waals surface area contributed by atoms with E-state index in [-0.39, 0.29) is 23.6 Å². The molecule has 0 spiro atoms. The predicted molar refractivity (Wildman–Crippen MR) is 92.0 cm³/mol. The molecule has 3 heteroatoms. The quantitative estimate of drug-likeness (QED) is 0.667. The summed E-state index contributed by atoms with van der Waals surface area (Å²) in [7, 11) is -2.73. The van der Waals surface area contributed by atoms with Crippen LogP contribution in [0.25, 0.3) is 0 Å². The molecule has 1 radical (unpaired) electrons. The summed E-state index contributed by atoms with van der Waals surface area (Å²) in [4.78, 5) is 0. The van der Waals surface area contributed by atoms with Gasteiger partial charge in [-0.05, 0) is 5.56 Å². The van der Waals surface area contributed by atoms with Crippen molar-refractivity contribution in [3.63, 3.8) is 0 Å². The maximum absolute atomic E-state index is 2.50. The maximum atomic E-state index is 2.50. The van der Waals surface area contributed by atoms with Crippen molar-refractivity contribution in [3.05, 3.63) is 59.3 Å². The largest absolute Gasteiger partial charge is 0.0736 e. The first-order valence-electron chi connectivity index (χ1n) is 7.15. The van der Waals surface area contributed by atoms with Gasteiger partial charge in [0.1, 0.15) is 0 Å². The number of benzene rings is 1. The molecule has 0 aliphatic heterocycles. The molecular weight excluding hydrogens is 311 g/mol. The molecule has 1 atom stereocenters. The molecule has 0 amide bonds. The van der Waals surface area contributed by atoms with Crippen LogP contribution in [0.15, 0.2) is 53.8 Å². The molecule has 2 rings (SSSR count). The van der Waals surface area contributed by atoms with Gasteiger partial charge in [-0.1, -0.05) is 93.0 Å². The van der Waals surface area contributed by atoms with E-state index in [0.29, 0.717) is 0 Å². The van der Waals surface area contributed by atoms with Crippen LogP contribution in [0.1, 0.15) is 5.56 Å². The molecule has 0 saturated heterocycles. The molecule has 0 aromatic heterocycles. The Morgan fingerprint density at radius 2 is 1.40 bits per heavy atom. The van der Waals surface area contributed by atoms with Crippen LogP contribution in [-0.2, 0) is 23.6 Å². The van der Waals surface area contributed by atoms with E-state index in [1.54, 1.807) is 5.20 Å². The molecule has 0 heterocycles. The van der Waals surface area contributed by atoms with Crippen LogP contribution in [0.2, 0.25) is 39.3 Å². The Balaban J connectivity index is 0.00000200. The molecule has 20 heavy (non-hydrogen) atoms. The van der Waals surface area contributed by atoms with Gasteiger partial charge in [-0.3, -0.25) is 0 Å². The Morgan fingerprint density at radius 1 is 0.850 bits per heavy atom. The van der Waals surface area contributed by atoms with Gasteiger partial charge in [-0.25, -0.2) is 0 Å². The Bertz CT molecular complexity index is 518. The van der Waals surface area contributed by atoms with Crippen molar-refractivity contribution in [2.75, 3.05) is 0 Å². The van der Waals surface area contributed by atoms with Gasteiger partial charge < -0.3 is 0 Å². The molecule has 1 aromatic rings. The Morgan fingerprint density at radius 3 is 1.85 bits per heavy atom. The van der Waals surface area contributed by atoms with Crippen LogP contribution in [0.4, 0.5) is 0 Å². The zero-order valence-corrected chi connectivity index (χ0v) is 17.0. The second kappa shape index (κ2) is 5.84. The first-order valence-corrected chi connectivity index (χ1v) is 14.2. The first kappa shape index (κ1) is 17.8. The molecule has 0 N–H and O–H groups in total. The molecule has 0 nitrogen and oxygen atoms in total. The van der Waals surface area contributed by atoms with Gasteiger partial charge in [0.25, 0.3) is 0 Å². The summed E-state index contributed by atoms with van der Waals surface area (Å²) in [6.07, 6.45) is 7.21. The minimum Gasteiger partial charge on any atom is -0.0732 e. The van der Waals surface area contributed by atoms with Crippen molar-refractivity contribution in [1.29, 1.82) is 0 Å². The molecule has 1 aliphatic carbocycles. The predicted octanol–water partition coefficient (Wildman–Crippen LogP) is 5.17. The topological polar surface area (TPSA) is 0 Å². The average Bonchev–Trinajstić information content (AvgIpc) is 2.74. The third-order valence-electron chi connectivity index (χ3n) is 4.25. The van der Waals surface area contributed by atoms with Gasteiger partial charge in [-0.2, -0.15) is 0 Å². The van der Waals surface area contributed by atoms with Crippen LogP contribution in [0.5, 0.6) is 0 Å². The first-order chi connectivity index (χ1) is 8.69. The fraction of sp³-hybridized carbons (Fsp3) is 0.412. The van der Waals surface area contributed by atoms with Gasteiger partial charge in [-0.15, -0.1) is 0 Å². The zero-order valence-electron chi connectivity index (χ0n) is 13.6. The van der Waals surface area contributed by atoms with Gasteiger partial charge in [0.05, 0.1) is 16.1 Å². The fourth-order valence-electron chi connectivity index (χ4n) is 3.39. The van der Waals surface area contributed by atoms with Crippen molar-refractivity contribution in [2.24, 2.45) is 0 Å². The van der Waals surface area contributed by atoms with Crippen LogP contribution in [0, 0.1) is 0 Å². The molecule has 107 valence electrons. The van der Waals surface area contributed by atoms with Crippen molar-refractivity contribution in [2.45, 2.75) is 44.3 Å². The molecule has 0 saturated carbocycles. The van der Waals surface area contributed by atoms with Gasteiger partial charge in [0.15, 0.2) is 0 Å². The van der Waals surface area contributed by atoms with E-state index in [0.717, 1.165) is 0 Å². The Hall–Kier alpha value is -0.282. The summed E-state index contributed by atoms with van der Waals surface area (Å²) in [6.45, 7) is 14.9. The second-order valence-corrected chi connectivity index (χ2v) is 17.9. The number of rotatable bonds is 3. The van der Waals surface area contributed by atoms with Crippen LogP contribution >= 0.6 is 0 Å². The fourth-order valence-corrected chi connectivity index (χ4v) is 10.2. The van der Waals surface area contributed by atoms with Crippen LogP contribution in [-0.4, -0.2) is 16.1 Å². The number of hydrogen-bond donors (Lipinski definition) is 0. The van der Waals surface area contributed by atoms with Crippen LogP contribution < -0.4 is 0 Å². The Labute approximate surface area is 138 Å². The van der Waals surface area contributed by atoms with Gasteiger partial charge >= 0.3 is 0 Å². The second-order valence-electron chi connectivity index (χ2n) is 7.61. The van der Waals surface area contributed by atoms with E-state index in [1.807, 2.05) is 0 Å². The molecule has 0 bridgehead atoms. The van der Waals surface area contributed by atoms with E-state index in [1.165, 1.54) is 5.56 Å². The monoisotopic (exact) mass is 337 g/mol. The minimum absolute atomic E-state index is 0. The van der Waals surface area contributed by atoms with Crippen molar-refractivity contribution in [3.8, 4) is 0 Å². The maximum Gasteiger partial charge on any atom is 0.0736 e. The van der Waals surface area contributed by atoms with Crippen LogP contribution in [0.3, 0.4) is 0 Å². The number of allylic oxidation sites excluding steroid dienone is 4. The summed E-state index contributed by atoms with van der Waals surface area (Å²) in [5, 5.41) is 1.92. The van der Waals surface area contributed by atoms with E-state index >= 15 is 0 Å². The van der Waals surface area contributed by atoms with Gasteiger partial charge in [0.2, 0.25) is 0 Å². The third-order valence-corrected chi connectivity index (χ3v) is 9.77. The van der Waals surface area contributed by atoms with Gasteiger partial charge in [0, 0.05) is 23.6 Å².